The summed E-state index contributed by atoms with van der Waals surface area (Å²) in [6, 6.07) is 1.23. The van der Waals surface area contributed by atoms with Crippen LogP contribution in [-0.4, -0.2) is 25.3 Å². The second-order valence-corrected chi connectivity index (χ2v) is 5.58. The summed E-state index contributed by atoms with van der Waals surface area (Å²) in [5, 5.41) is 3.69. The van der Waals surface area contributed by atoms with Gasteiger partial charge in [0.15, 0.2) is 0 Å². The molecular weight excluding hydrogens is 198 g/mol. The Morgan fingerprint density at radius 3 is 2.25 bits per heavy atom. The first-order valence-corrected chi connectivity index (χ1v) is 6.97. The molecule has 2 heteroatoms. The van der Waals surface area contributed by atoms with Crippen molar-refractivity contribution in [3.8, 4) is 0 Å². The average molecular weight is 227 g/mol. The maximum Gasteiger partial charge on any atom is 0.0616 e. The van der Waals surface area contributed by atoms with Crippen LogP contribution in [0.2, 0.25) is 0 Å². The van der Waals surface area contributed by atoms with Gasteiger partial charge in [0.05, 0.1) is 6.61 Å². The Morgan fingerprint density at radius 2 is 1.75 bits per heavy atom. The number of hydrogen-bond donors (Lipinski definition) is 1. The van der Waals surface area contributed by atoms with E-state index in [1.165, 1.54) is 25.7 Å². The van der Waals surface area contributed by atoms with Gasteiger partial charge in [0.2, 0.25) is 0 Å². The van der Waals surface area contributed by atoms with Gasteiger partial charge in [0.1, 0.15) is 0 Å². The summed E-state index contributed by atoms with van der Waals surface area (Å²) in [5.74, 6) is 1.82. The summed E-state index contributed by atoms with van der Waals surface area (Å²) < 4.78 is 5.43. The van der Waals surface area contributed by atoms with Crippen molar-refractivity contribution in [2.45, 2.75) is 65.5 Å². The van der Waals surface area contributed by atoms with Crippen LogP contribution >= 0.6 is 0 Å². The molecule has 1 aliphatic rings. The predicted octanol–water partition coefficient (Wildman–Crippen LogP) is 3.22. The van der Waals surface area contributed by atoms with Crippen LogP contribution in [0.1, 0.15) is 53.4 Å². The summed E-state index contributed by atoms with van der Waals surface area (Å²) in [6.45, 7) is 10.7. The molecule has 1 atom stereocenters. The Balaban J connectivity index is 2.16. The zero-order valence-electron chi connectivity index (χ0n) is 11.5. The molecular formula is C14H29NO. The third-order valence-corrected chi connectivity index (χ3v) is 3.81. The van der Waals surface area contributed by atoms with Crippen LogP contribution in [0.5, 0.6) is 0 Å². The third-order valence-electron chi connectivity index (χ3n) is 3.81. The molecule has 0 aromatic rings. The van der Waals surface area contributed by atoms with Gasteiger partial charge < -0.3 is 10.1 Å². The van der Waals surface area contributed by atoms with Crippen molar-refractivity contribution in [2.24, 2.45) is 11.8 Å². The van der Waals surface area contributed by atoms with Crippen LogP contribution in [0.4, 0.5) is 0 Å². The molecule has 0 aliphatic heterocycles. The number of nitrogens with one attached hydrogen (secondary N) is 1. The van der Waals surface area contributed by atoms with Crippen LogP contribution in [0.25, 0.3) is 0 Å². The van der Waals surface area contributed by atoms with E-state index in [0.717, 1.165) is 31.1 Å². The summed E-state index contributed by atoms with van der Waals surface area (Å²) in [4.78, 5) is 0. The SMILES string of the molecule is CCOCC(C)NC1CCC(C(C)C)CC1. The monoisotopic (exact) mass is 227 g/mol. The second kappa shape index (κ2) is 7.29. The second-order valence-electron chi connectivity index (χ2n) is 5.58. The van der Waals surface area contributed by atoms with Gasteiger partial charge in [-0.15, -0.1) is 0 Å². The van der Waals surface area contributed by atoms with E-state index >= 15 is 0 Å². The summed E-state index contributed by atoms with van der Waals surface area (Å²) in [6.07, 6.45) is 5.49. The Hall–Kier alpha value is -0.0800. The van der Waals surface area contributed by atoms with Gasteiger partial charge in [0.25, 0.3) is 0 Å². The van der Waals surface area contributed by atoms with Crippen molar-refractivity contribution in [3.63, 3.8) is 0 Å². The van der Waals surface area contributed by atoms with Crippen LogP contribution in [0.3, 0.4) is 0 Å². The summed E-state index contributed by atoms with van der Waals surface area (Å²) in [7, 11) is 0. The highest BCUT2D eigenvalue weighted by atomic mass is 16.5. The standard InChI is InChI=1S/C14H29NO/c1-5-16-10-12(4)15-14-8-6-13(7-9-14)11(2)3/h11-15H,5-10H2,1-4H3. The van der Waals surface area contributed by atoms with Gasteiger partial charge in [0, 0.05) is 18.7 Å². The number of hydrogen-bond acceptors (Lipinski definition) is 2. The molecule has 0 spiro atoms. The first kappa shape index (κ1) is 14.0. The lowest BCUT2D eigenvalue weighted by Gasteiger charge is -2.33. The fraction of sp³-hybridized carbons (Fsp3) is 1.00. The first-order valence-electron chi connectivity index (χ1n) is 6.97. The van der Waals surface area contributed by atoms with E-state index < -0.39 is 0 Å². The molecule has 0 aromatic heterocycles. The molecule has 1 unspecified atom stereocenters. The predicted molar refractivity (Wildman–Crippen MR) is 69.7 cm³/mol. The smallest absolute Gasteiger partial charge is 0.0616 e. The normalized spacial score (nSPS) is 28.3. The molecule has 0 bridgehead atoms. The van der Waals surface area contributed by atoms with E-state index in [1.807, 2.05) is 0 Å². The highest BCUT2D eigenvalue weighted by molar-refractivity contribution is 4.80. The van der Waals surface area contributed by atoms with Gasteiger partial charge in [-0.05, 0) is 51.4 Å². The maximum atomic E-state index is 5.43. The molecule has 16 heavy (non-hydrogen) atoms. The molecule has 0 amide bonds. The van der Waals surface area contributed by atoms with Crippen LogP contribution in [0.15, 0.2) is 0 Å². The minimum atomic E-state index is 0.501. The van der Waals surface area contributed by atoms with E-state index in [0.29, 0.717) is 6.04 Å². The maximum absolute atomic E-state index is 5.43. The van der Waals surface area contributed by atoms with Gasteiger partial charge in [-0.2, -0.15) is 0 Å². The molecule has 0 saturated heterocycles. The quantitative estimate of drug-likeness (QED) is 0.752. The molecule has 0 aromatic carbocycles. The largest absolute Gasteiger partial charge is 0.380 e. The molecule has 2 nitrogen and oxygen atoms in total. The lowest BCUT2D eigenvalue weighted by molar-refractivity contribution is 0.117. The van der Waals surface area contributed by atoms with Gasteiger partial charge in [-0.1, -0.05) is 13.8 Å². The Morgan fingerprint density at radius 1 is 1.12 bits per heavy atom. The van der Waals surface area contributed by atoms with Crippen molar-refractivity contribution < 1.29 is 4.74 Å². The van der Waals surface area contributed by atoms with Crippen molar-refractivity contribution in [2.75, 3.05) is 13.2 Å². The lowest BCUT2D eigenvalue weighted by Crippen LogP contribution is -2.41. The molecule has 1 rings (SSSR count). The van der Waals surface area contributed by atoms with Crippen LogP contribution in [0, 0.1) is 11.8 Å². The highest BCUT2D eigenvalue weighted by Crippen LogP contribution is 2.29. The van der Waals surface area contributed by atoms with E-state index in [1.54, 1.807) is 0 Å². The Kier molecular flexibility index (Phi) is 6.37. The van der Waals surface area contributed by atoms with Gasteiger partial charge >= 0.3 is 0 Å². The molecule has 96 valence electrons. The summed E-state index contributed by atoms with van der Waals surface area (Å²) in [5.41, 5.74) is 0. The molecule has 0 heterocycles. The number of ether oxygens (including phenoxy) is 1. The molecule has 1 N–H and O–H groups in total. The highest BCUT2D eigenvalue weighted by Gasteiger charge is 2.23. The zero-order chi connectivity index (χ0) is 12.0. The lowest BCUT2D eigenvalue weighted by atomic mass is 9.79. The van der Waals surface area contributed by atoms with E-state index in [2.05, 4.69) is 33.0 Å². The Bertz CT molecular complexity index is 174. The van der Waals surface area contributed by atoms with Crippen molar-refractivity contribution in [1.82, 2.24) is 5.32 Å². The van der Waals surface area contributed by atoms with E-state index in [9.17, 15) is 0 Å². The third kappa shape index (κ3) is 4.84. The molecule has 0 radical (unpaired) electrons. The van der Waals surface area contributed by atoms with Crippen molar-refractivity contribution >= 4 is 0 Å². The zero-order valence-corrected chi connectivity index (χ0v) is 11.5. The van der Waals surface area contributed by atoms with Crippen molar-refractivity contribution in [3.05, 3.63) is 0 Å². The minimum absolute atomic E-state index is 0.501. The molecule has 1 fully saturated rings. The van der Waals surface area contributed by atoms with Crippen LogP contribution < -0.4 is 5.32 Å². The van der Waals surface area contributed by atoms with Crippen LogP contribution in [-0.2, 0) is 4.74 Å². The van der Waals surface area contributed by atoms with Gasteiger partial charge in [-0.25, -0.2) is 0 Å². The Labute approximate surface area is 101 Å². The average Bonchev–Trinajstić information content (AvgIpc) is 2.27. The molecule has 1 aliphatic carbocycles. The van der Waals surface area contributed by atoms with Crippen molar-refractivity contribution in [1.29, 1.82) is 0 Å². The van der Waals surface area contributed by atoms with E-state index in [4.69, 9.17) is 4.74 Å². The fourth-order valence-corrected chi connectivity index (χ4v) is 2.70. The first-order chi connectivity index (χ1) is 7.63. The van der Waals surface area contributed by atoms with Gasteiger partial charge in [-0.3, -0.25) is 0 Å². The molecule has 1 saturated carbocycles. The van der Waals surface area contributed by atoms with E-state index in [-0.39, 0.29) is 0 Å². The number of rotatable bonds is 6. The topological polar surface area (TPSA) is 21.3 Å². The minimum Gasteiger partial charge on any atom is -0.380 e. The fourth-order valence-electron chi connectivity index (χ4n) is 2.70. The summed E-state index contributed by atoms with van der Waals surface area (Å²) >= 11 is 0.